The number of pyridine rings is 1. The summed E-state index contributed by atoms with van der Waals surface area (Å²) in [5.41, 5.74) is 3.48. The van der Waals surface area contributed by atoms with E-state index in [1.165, 1.54) is 44.3 Å². The van der Waals surface area contributed by atoms with Gasteiger partial charge in [-0.05, 0) is 50.6 Å². The second-order valence-electron chi connectivity index (χ2n) is 8.73. The van der Waals surface area contributed by atoms with Gasteiger partial charge >= 0.3 is 0 Å². The zero-order valence-electron chi connectivity index (χ0n) is 17.2. The summed E-state index contributed by atoms with van der Waals surface area (Å²) >= 11 is 0. The third-order valence-corrected chi connectivity index (χ3v) is 6.60. The molecule has 0 saturated carbocycles. The van der Waals surface area contributed by atoms with E-state index >= 15 is 0 Å². The number of aromatic nitrogens is 3. The average molecular weight is 394 g/mol. The molecule has 3 saturated heterocycles. The Morgan fingerprint density at radius 1 is 1.07 bits per heavy atom. The Balaban J connectivity index is 1.43. The molecule has 0 spiro atoms. The molecule has 0 unspecified atom stereocenters. The van der Waals surface area contributed by atoms with Gasteiger partial charge in [-0.1, -0.05) is 6.07 Å². The van der Waals surface area contributed by atoms with E-state index < -0.39 is 0 Å². The first-order valence-electron chi connectivity index (χ1n) is 11.2. The molecule has 5 heterocycles. The fourth-order valence-corrected chi connectivity index (χ4v) is 5.05. The van der Waals surface area contributed by atoms with Crippen LogP contribution in [-0.2, 0) is 4.74 Å². The summed E-state index contributed by atoms with van der Waals surface area (Å²) in [4.78, 5) is 19.2. The Morgan fingerprint density at radius 3 is 2.79 bits per heavy atom. The van der Waals surface area contributed by atoms with E-state index in [4.69, 9.17) is 14.7 Å². The average Bonchev–Trinajstić information content (AvgIpc) is 3.49. The maximum atomic E-state index is 5.60. The lowest BCUT2D eigenvalue weighted by molar-refractivity contribution is 0.149. The number of piperidine rings is 1. The van der Waals surface area contributed by atoms with E-state index in [9.17, 15) is 0 Å². The van der Waals surface area contributed by atoms with Gasteiger partial charge in [0.05, 0.1) is 12.3 Å². The minimum absolute atomic E-state index is 0.450. The maximum absolute atomic E-state index is 5.60. The van der Waals surface area contributed by atoms with Gasteiger partial charge in [0.25, 0.3) is 0 Å². The molecule has 3 aliphatic heterocycles. The van der Waals surface area contributed by atoms with Gasteiger partial charge in [0.1, 0.15) is 0 Å². The number of rotatable bonds is 5. The van der Waals surface area contributed by atoms with Gasteiger partial charge < -0.3 is 14.5 Å². The lowest BCUT2D eigenvalue weighted by Crippen LogP contribution is -2.38. The summed E-state index contributed by atoms with van der Waals surface area (Å²) in [6, 6.07) is 4.13. The Bertz CT molecular complexity index is 802. The standard InChI is InChI=1S/C23H31N5O/c1-2-11-28(10-1)23-25-14-21(19-5-3-8-24-13-19)22(26-23)20-6-4-9-27(16-20)15-18-7-12-29-17-18/h3,5,8,13-14,18,20H,1-2,4,6-7,9-12,15-17H2/t18-,20-/m0/s1. The van der Waals surface area contributed by atoms with Crippen LogP contribution in [0.5, 0.6) is 0 Å². The molecule has 0 bridgehead atoms. The predicted molar refractivity (Wildman–Crippen MR) is 114 cm³/mol. The Morgan fingerprint density at radius 2 is 2.00 bits per heavy atom. The quantitative estimate of drug-likeness (QED) is 0.776. The monoisotopic (exact) mass is 393 g/mol. The van der Waals surface area contributed by atoms with Crippen molar-refractivity contribution in [1.29, 1.82) is 0 Å². The molecular weight excluding hydrogens is 362 g/mol. The second kappa shape index (κ2) is 8.76. The number of anilines is 1. The van der Waals surface area contributed by atoms with Crippen molar-refractivity contribution in [2.24, 2.45) is 5.92 Å². The lowest BCUT2D eigenvalue weighted by Gasteiger charge is -2.34. The molecule has 6 nitrogen and oxygen atoms in total. The Kier molecular flexibility index (Phi) is 5.72. The van der Waals surface area contributed by atoms with E-state index in [1.807, 2.05) is 24.7 Å². The summed E-state index contributed by atoms with van der Waals surface area (Å²) in [6.07, 6.45) is 11.9. The van der Waals surface area contributed by atoms with Crippen molar-refractivity contribution in [3.05, 3.63) is 36.4 Å². The molecule has 0 amide bonds. The molecule has 0 radical (unpaired) electrons. The highest BCUT2D eigenvalue weighted by Gasteiger charge is 2.29. The lowest BCUT2D eigenvalue weighted by atomic mass is 9.89. The van der Waals surface area contributed by atoms with E-state index in [1.54, 1.807) is 0 Å². The Labute approximate surface area is 173 Å². The van der Waals surface area contributed by atoms with Gasteiger partial charge in [-0.2, -0.15) is 0 Å². The van der Waals surface area contributed by atoms with Crippen LogP contribution in [0.2, 0.25) is 0 Å². The molecule has 2 aromatic rings. The minimum atomic E-state index is 0.450. The van der Waals surface area contributed by atoms with Crippen molar-refractivity contribution in [3.8, 4) is 11.1 Å². The smallest absolute Gasteiger partial charge is 0.225 e. The zero-order valence-corrected chi connectivity index (χ0v) is 17.2. The van der Waals surface area contributed by atoms with Gasteiger partial charge in [-0.3, -0.25) is 4.98 Å². The van der Waals surface area contributed by atoms with Crippen molar-refractivity contribution < 1.29 is 4.74 Å². The number of hydrogen-bond donors (Lipinski definition) is 0. The number of likely N-dealkylation sites (tertiary alicyclic amines) is 1. The number of hydrogen-bond acceptors (Lipinski definition) is 6. The van der Waals surface area contributed by atoms with E-state index in [2.05, 4.69) is 20.9 Å². The summed E-state index contributed by atoms with van der Waals surface area (Å²) < 4.78 is 5.60. The van der Waals surface area contributed by atoms with Crippen LogP contribution in [0, 0.1) is 5.92 Å². The summed E-state index contributed by atoms with van der Waals surface area (Å²) in [6.45, 7) is 7.43. The molecule has 0 aliphatic carbocycles. The van der Waals surface area contributed by atoms with Crippen LogP contribution >= 0.6 is 0 Å². The number of ether oxygens (including phenoxy) is 1. The fourth-order valence-electron chi connectivity index (χ4n) is 5.05. The maximum Gasteiger partial charge on any atom is 0.225 e. The SMILES string of the molecule is c1cncc(-c2cnc(N3CCCC3)nc2[C@H]2CCCN(C[C@@H]3CCOC3)C2)c1. The molecule has 3 fully saturated rings. The minimum Gasteiger partial charge on any atom is -0.381 e. The molecule has 5 rings (SSSR count). The van der Waals surface area contributed by atoms with Gasteiger partial charge in [0.15, 0.2) is 0 Å². The first kappa shape index (κ1) is 18.9. The molecule has 6 heteroatoms. The molecule has 0 N–H and O–H groups in total. The van der Waals surface area contributed by atoms with E-state index in [-0.39, 0.29) is 0 Å². The topological polar surface area (TPSA) is 54.4 Å². The summed E-state index contributed by atoms with van der Waals surface area (Å²) in [5, 5.41) is 0. The molecular formula is C23H31N5O. The van der Waals surface area contributed by atoms with Crippen LogP contribution in [0.15, 0.2) is 30.7 Å². The first-order chi connectivity index (χ1) is 14.4. The van der Waals surface area contributed by atoms with Crippen LogP contribution in [0.1, 0.15) is 43.7 Å². The van der Waals surface area contributed by atoms with Crippen LogP contribution in [0.25, 0.3) is 11.1 Å². The fraction of sp³-hybridized carbons (Fsp3) is 0.609. The summed E-state index contributed by atoms with van der Waals surface area (Å²) in [7, 11) is 0. The molecule has 2 aromatic heterocycles. The number of nitrogens with zero attached hydrogens (tertiary/aromatic N) is 5. The highest BCUT2D eigenvalue weighted by Crippen LogP contribution is 2.34. The van der Waals surface area contributed by atoms with Crippen LogP contribution in [0.3, 0.4) is 0 Å². The van der Waals surface area contributed by atoms with Crippen LogP contribution in [-0.4, -0.2) is 65.8 Å². The van der Waals surface area contributed by atoms with Gasteiger partial charge in [0.2, 0.25) is 5.95 Å². The largest absolute Gasteiger partial charge is 0.381 e. The molecule has 3 aliphatic rings. The van der Waals surface area contributed by atoms with Gasteiger partial charge in [-0.25, -0.2) is 9.97 Å². The van der Waals surface area contributed by atoms with E-state index in [0.29, 0.717) is 11.8 Å². The highest BCUT2D eigenvalue weighted by molar-refractivity contribution is 5.65. The van der Waals surface area contributed by atoms with Crippen LogP contribution in [0.4, 0.5) is 5.95 Å². The normalized spacial score (nSPS) is 25.6. The molecule has 2 atom stereocenters. The van der Waals surface area contributed by atoms with Crippen molar-refractivity contribution in [1.82, 2.24) is 19.9 Å². The second-order valence-corrected chi connectivity index (χ2v) is 8.73. The van der Waals surface area contributed by atoms with Gasteiger partial charge in [0, 0.05) is 68.4 Å². The van der Waals surface area contributed by atoms with Gasteiger partial charge in [-0.15, -0.1) is 0 Å². The van der Waals surface area contributed by atoms with Crippen molar-refractivity contribution in [2.75, 3.05) is 50.8 Å². The predicted octanol–water partition coefficient (Wildman–Crippen LogP) is 3.35. The third kappa shape index (κ3) is 4.28. The molecule has 0 aromatic carbocycles. The van der Waals surface area contributed by atoms with Crippen molar-refractivity contribution in [3.63, 3.8) is 0 Å². The van der Waals surface area contributed by atoms with Crippen molar-refractivity contribution >= 4 is 5.95 Å². The Hall–Kier alpha value is -2.05. The third-order valence-electron chi connectivity index (χ3n) is 6.60. The van der Waals surface area contributed by atoms with E-state index in [0.717, 1.165) is 56.5 Å². The molecule has 154 valence electrons. The zero-order chi connectivity index (χ0) is 19.5. The van der Waals surface area contributed by atoms with Crippen LogP contribution < -0.4 is 4.90 Å². The van der Waals surface area contributed by atoms with Crippen molar-refractivity contribution in [2.45, 2.75) is 38.0 Å². The molecule has 29 heavy (non-hydrogen) atoms. The first-order valence-corrected chi connectivity index (χ1v) is 11.2. The highest BCUT2D eigenvalue weighted by atomic mass is 16.5. The summed E-state index contributed by atoms with van der Waals surface area (Å²) in [5.74, 6) is 2.05.